The summed E-state index contributed by atoms with van der Waals surface area (Å²) in [5.41, 5.74) is 1.08. The molecule has 0 amide bonds. The van der Waals surface area contributed by atoms with Crippen molar-refractivity contribution in [3.05, 3.63) is 34.9 Å². The van der Waals surface area contributed by atoms with Gasteiger partial charge >= 0.3 is 0 Å². The first-order valence-corrected chi connectivity index (χ1v) is 7.80. The van der Waals surface area contributed by atoms with Crippen molar-refractivity contribution in [1.82, 2.24) is 0 Å². The Kier molecular flexibility index (Phi) is 4.32. The van der Waals surface area contributed by atoms with E-state index in [1.165, 1.54) is 0 Å². The first-order valence-electron chi connectivity index (χ1n) is 7.42. The van der Waals surface area contributed by atoms with Crippen molar-refractivity contribution in [3.8, 4) is 0 Å². The van der Waals surface area contributed by atoms with Crippen LogP contribution in [0.25, 0.3) is 0 Å². The van der Waals surface area contributed by atoms with Gasteiger partial charge in [-0.1, -0.05) is 29.8 Å². The topological polar surface area (TPSA) is 38.7 Å². The summed E-state index contributed by atoms with van der Waals surface area (Å²) in [5, 5.41) is 10.0. The van der Waals surface area contributed by atoms with Crippen LogP contribution in [-0.4, -0.2) is 29.7 Å². The monoisotopic (exact) mass is 296 g/mol. The molecule has 1 N–H and O–H groups in total. The van der Waals surface area contributed by atoms with E-state index < -0.39 is 5.79 Å². The molecule has 2 atom stereocenters. The second-order valence-corrected chi connectivity index (χ2v) is 6.15. The zero-order chi connectivity index (χ0) is 14.0. The molecule has 1 aliphatic carbocycles. The van der Waals surface area contributed by atoms with E-state index in [-0.39, 0.29) is 18.8 Å². The highest BCUT2D eigenvalue weighted by Crippen LogP contribution is 2.43. The lowest BCUT2D eigenvalue weighted by Crippen LogP contribution is -2.27. The van der Waals surface area contributed by atoms with Gasteiger partial charge in [-0.2, -0.15) is 0 Å². The van der Waals surface area contributed by atoms with Gasteiger partial charge in [-0.25, -0.2) is 0 Å². The first-order chi connectivity index (χ1) is 9.72. The number of benzene rings is 1. The maximum absolute atomic E-state index is 9.23. The van der Waals surface area contributed by atoms with Gasteiger partial charge in [-0.05, 0) is 30.9 Å². The van der Waals surface area contributed by atoms with E-state index in [0.29, 0.717) is 6.42 Å². The number of aliphatic hydroxyl groups excluding tert-OH is 1. The summed E-state index contributed by atoms with van der Waals surface area (Å²) in [6.07, 6.45) is 5.56. The van der Waals surface area contributed by atoms with Crippen molar-refractivity contribution in [1.29, 1.82) is 0 Å². The van der Waals surface area contributed by atoms with Crippen LogP contribution in [-0.2, 0) is 15.9 Å². The number of aliphatic hydroxyl groups is 1. The number of rotatable bonds is 4. The molecule has 1 aromatic carbocycles. The first kappa shape index (κ1) is 14.3. The summed E-state index contributed by atoms with van der Waals surface area (Å²) in [7, 11) is 0. The lowest BCUT2D eigenvalue weighted by Gasteiger charge is -2.22. The Bertz CT molecular complexity index is 457. The molecule has 1 saturated carbocycles. The molecule has 0 aromatic heterocycles. The van der Waals surface area contributed by atoms with Crippen molar-refractivity contribution in [2.45, 2.75) is 56.5 Å². The van der Waals surface area contributed by atoms with Gasteiger partial charge < -0.3 is 14.6 Å². The van der Waals surface area contributed by atoms with Gasteiger partial charge in [-0.3, -0.25) is 0 Å². The van der Waals surface area contributed by atoms with Gasteiger partial charge in [-0.15, -0.1) is 0 Å². The predicted octanol–water partition coefficient (Wildman–Crippen LogP) is 3.32. The van der Waals surface area contributed by atoms with Gasteiger partial charge in [0.15, 0.2) is 5.79 Å². The molecule has 1 aliphatic heterocycles. The molecular formula is C16H21ClO3. The third kappa shape index (κ3) is 2.86. The Morgan fingerprint density at radius 3 is 2.55 bits per heavy atom. The van der Waals surface area contributed by atoms with Crippen LogP contribution in [0.5, 0.6) is 0 Å². The van der Waals surface area contributed by atoms with Crippen molar-refractivity contribution >= 4 is 11.6 Å². The van der Waals surface area contributed by atoms with Crippen LogP contribution in [0, 0.1) is 0 Å². The maximum Gasteiger partial charge on any atom is 0.169 e. The van der Waals surface area contributed by atoms with Gasteiger partial charge in [0.05, 0.1) is 12.2 Å². The highest BCUT2D eigenvalue weighted by Gasteiger charge is 2.48. The van der Waals surface area contributed by atoms with Crippen molar-refractivity contribution < 1.29 is 14.6 Å². The fourth-order valence-corrected chi connectivity index (χ4v) is 3.52. The van der Waals surface area contributed by atoms with Crippen LogP contribution in [0.2, 0.25) is 5.02 Å². The van der Waals surface area contributed by atoms with E-state index >= 15 is 0 Å². The van der Waals surface area contributed by atoms with E-state index in [9.17, 15) is 5.11 Å². The normalized spacial score (nSPS) is 28.3. The van der Waals surface area contributed by atoms with E-state index in [1.54, 1.807) is 0 Å². The number of hydrogen-bond donors (Lipinski definition) is 1. The standard InChI is InChI=1S/C16H21ClO3/c17-13-6-2-1-5-12(13)11-15-14(7-10-18)19-16(20-15)8-3-4-9-16/h1-2,5-6,14-15,18H,3-4,7-11H2. The van der Waals surface area contributed by atoms with Crippen LogP contribution in [0.3, 0.4) is 0 Å². The molecule has 110 valence electrons. The second-order valence-electron chi connectivity index (χ2n) is 5.74. The fraction of sp³-hybridized carbons (Fsp3) is 0.625. The minimum Gasteiger partial charge on any atom is -0.396 e. The van der Waals surface area contributed by atoms with E-state index in [2.05, 4.69) is 0 Å². The molecular weight excluding hydrogens is 276 g/mol. The summed E-state index contributed by atoms with van der Waals surface area (Å²) in [6.45, 7) is 0.128. The molecule has 2 unspecified atom stereocenters. The quantitative estimate of drug-likeness (QED) is 0.926. The molecule has 1 heterocycles. The lowest BCUT2D eigenvalue weighted by atomic mass is 10.0. The Balaban J connectivity index is 1.74. The Morgan fingerprint density at radius 2 is 1.85 bits per heavy atom. The Labute approximate surface area is 124 Å². The summed E-state index contributed by atoms with van der Waals surface area (Å²) in [6, 6.07) is 7.85. The second kappa shape index (κ2) is 6.02. The average Bonchev–Trinajstić information content (AvgIpc) is 3.01. The summed E-state index contributed by atoms with van der Waals surface area (Å²) in [4.78, 5) is 0. The largest absolute Gasteiger partial charge is 0.396 e. The summed E-state index contributed by atoms with van der Waals surface area (Å²) >= 11 is 6.23. The van der Waals surface area contributed by atoms with E-state index in [1.807, 2.05) is 24.3 Å². The molecule has 1 spiro atoms. The molecule has 0 bridgehead atoms. The van der Waals surface area contributed by atoms with Gasteiger partial charge in [0.1, 0.15) is 0 Å². The molecule has 4 heteroatoms. The SMILES string of the molecule is OCCC1OC2(CCCC2)OC1Cc1ccccc1Cl. The third-order valence-corrected chi connectivity index (χ3v) is 4.67. The van der Waals surface area contributed by atoms with Gasteiger partial charge in [0.2, 0.25) is 0 Å². The van der Waals surface area contributed by atoms with E-state index in [0.717, 1.165) is 42.7 Å². The van der Waals surface area contributed by atoms with Gasteiger partial charge in [0, 0.05) is 30.9 Å². The smallest absolute Gasteiger partial charge is 0.169 e. The van der Waals surface area contributed by atoms with Crippen molar-refractivity contribution in [2.75, 3.05) is 6.61 Å². The molecule has 3 rings (SSSR count). The predicted molar refractivity (Wildman–Crippen MR) is 77.8 cm³/mol. The minimum absolute atomic E-state index is 0.0138. The molecule has 2 aliphatic rings. The van der Waals surface area contributed by atoms with E-state index in [4.69, 9.17) is 21.1 Å². The van der Waals surface area contributed by atoms with Crippen LogP contribution in [0.4, 0.5) is 0 Å². The fourth-order valence-electron chi connectivity index (χ4n) is 3.31. The zero-order valence-corrected chi connectivity index (χ0v) is 12.3. The van der Waals surface area contributed by atoms with Crippen LogP contribution in [0.15, 0.2) is 24.3 Å². The lowest BCUT2D eigenvalue weighted by molar-refractivity contribution is -0.169. The minimum atomic E-state index is -0.397. The Hall–Kier alpha value is -0.610. The number of ether oxygens (including phenoxy) is 2. The summed E-state index contributed by atoms with van der Waals surface area (Å²) in [5.74, 6) is -0.397. The van der Waals surface area contributed by atoms with Gasteiger partial charge in [0.25, 0.3) is 0 Å². The highest BCUT2D eigenvalue weighted by atomic mass is 35.5. The highest BCUT2D eigenvalue weighted by molar-refractivity contribution is 6.31. The third-order valence-electron chi connectivity index (χ3n) is 4.30. The zero-order valence-electron chi connectivity index (χ0n) is 11.6. The van der Waals surface area contributed by atoms with Crippen LogP contribution >= 0.6 is 11.6 Å². The molecule has 20 heavy (non-hydrogen) atoms. The number of halogens is 1. The molecule has 1 aromatic rings. The number of hydrogen-bond acceptors (Lipinski definition) is 3. The molecule has 3 nitrogen and oxygen atoms in total. The molecule has 1 saturated heterocycles. The average molecular weight is 297 g/mol. The van der Waals surface area contributed by atoms with Crippen LogP contribution < -0.4 is 0 Å². The Morgan fingerprint density at radius 1 is 1.15 bits per heavy atom. The maximum atomic E-state index is 9.23. The summed E-state index contributed by atoms with van der Waals surface area (Å²) < 4.78 is 12.4. The van der Waals surface area contributed by atoms with Crippen LogP contribution in [0.1, 0.15) is 37.7 Å². The van der Waals surface area contributed by atoms with Crippen molar-refractivity contribution in [3.63, 3.8) is 0 Å². The molecule has 2 fully saturated rings. The van der Waals surface area contributed by atoms with Crippen molar-refractivity contribution in [2.24, 2.45) is 0 Å². The molecule has 0 radical (unpaired) electrons.